The van der Waals surface area contributed by atoms with Gasteiger partial charge in [-0.1, -0.05) is 6.07 Å². The average Bonchev–Trinajstić information content (AvgIpc) is 3.62. The Morgan fingerprint density at radius 3 is 2.94 bits per heavy atom. The zero-order valence-electron chi connectivity index (χ0n) is 18.4. The first kappa shape index (κ1) is 20.6. The van der Waals surface area contributed by atoms with Gasteiger partial charge in [0.1, 0.15) is 11.6 Å². The zero-order chi connectivity index (χ0) is 22.4. The van der Waals surface area contributed by atoms with Crippen LogP contribution in [-0.2, 0) is 17.6 Å². The Bertz CT molecular complexity index is 1300. The lowest BCUT2D eigenvalue weighted by atomic mass is 9.97. The summed E-state index contributed by atoms with van der Waals surface area (Å²) < 4.78 is 24.3. The van der Waals surface area contributed by atoms with Gasteiger partial charge in [-0.3, -0.25) is 0 Å². The Balaban J connectivity index is 1.29. The van der Waals surface area contributed by atoms with Crippen molar-refractivity contribution in [3.05, 3.63) is 58.9 Å². The van der Waals surface area contributed by atoms with Crippen molar-refractivity contribution in [2.75, 3.05) is 18.5 Å². The highest BCUT2D eigenvalue weighted by molar-refractivity contribution is 7.14. The van der Waals surface area contributed by atoms with Gasteiger partial charge < -0.3 is 14.6 Å². The molecule has 1 fully saturated rings. The molecule has 4 aromatic rings. The van der Waals surface area contributed by atoms with Crippen LogP contribution in [0.15, 0.2) is 36.1 Å². The first-order valence-corrected chi connectivity index (χ1v) is 12.2. The van der Waals surface area contributed by atoms with Crippen LogP contribution >= 0.6 is 11.3 Å². The molecule has 3 aromatic heterocycles. The molecule has 0 spiro atoms. The summed E-state index contributed by atoms with van der Waals surface area (Å²) in [5, 5.41) is 11.2. The molecule has 7 nitrogen and oxygen atoms in total. The number of hydrogen-bond donors (Lipinski definition) is 1. The second-order valence-electron chi connectivity index (χ2n) is 8.69. The number of halogens is 1. The summed E-state index contributed by atoms with van der Waals surface area (Å²) in [6.45, 7) is 3.35. The van der Waals surface area contributed by atoms with Crippen molar-refractivity contribution >= 4 is 22.3 Å². The molecule has 1 atom stereocenters. The quantitative estimate of drug-likeness (QED) is 0.438. The van der Waals surface area contributed by atoms with Gasteiger partial charge in [0.05, 0.1) is 41.7 Å². The molecule has 0 bridgehead atoms. The smallest absolute Gasteiger partial charge is 0.188 e. The summed E-state index contributed by atoms with van der Waals surface area (Å²) in [6, 6.07) is 5.45. The van der Waals surface area contributed by atoms with Crippen LogP contribution in [0.1, 0.15) is 42.3 Å². The highest BCUT2D eigenvalue weighted by Crippen LogP contribution is 2.36. The number of thiazole rings is 1. The van der Waals surface area contributed by atoms with Crippen LogP contribution in [0.5, 0.6) is 0 Å². The third kappa shape index (κ3) is 3.85. The average molecular weight is 465 g/mol. The van der Waals surface area contributed by atoms with Gasteiger partial charge in [0.2, 0.25) is 0 Å². The predicted molar refractivity (Wildman–Crippen MR) is 126 cm³/mol. The molecule has 1 unspecified atom stereocenters. The van der Waals surface area contributed by atoms with Gasteiger partial charge in [-0.15, -0.1) is 11.3 Å². The fourth-order valence-electron chi connectivity index (χ4n) is 4.68. The van der Waals surface area contributed by atoms with Gasteiger partial charge in [-0.2, -0.15) is 5.10 Å². The van der Waals surface area contributed by atoms with E-state index in [0.29, 0.717) is 12.3 Å². The van der Waals surface area contributed by atoms with Crippen LogP contribution in [0, 0.1) is 12.7 Å². The van der Waals surface area contributed by atoms with Crippen LogP contribution in [0.3, 0.4) is 0 Å². The lowest BCUT2D eigenvalue weighted by molar-refractivity contribution is 0.185. The topological polar surface area (TPSA) is 69.8 Å². The van der Waals surface area contributed by atoms with E-state index in [9.17, 15) is 4.39 Å². The number of benzene rings is 1. The van der Waals surface area contributed by atoms with Crippen LogP contribution in [0.4, 0.5) is 15.3 Å². The van der Waals surface area contributed by atoms with E-state index in [1.54, 1.807) is 17.0 Å². The number of hydrogen-bond acceptors (Lipinski definition) is 6. The van der Waals surface area contributed by atoms with E-state index < -0.39 is 0 Å². The van der Waals surface area contributed by atoms with E-state index in [1.807, 2.05) is 24.6 Å². The fourth-order valence-corrected chi connectivity index (χ4v) is 5.40. The highest BCUT2D eigenvalue weighted by Gasteiger charge is 2.27. The number of nitrogens with one attached hydrogen (secondary N) is 1. The first-order chi connectivity index (χ1) is 16.2. The van der Waals surface area contributed by atoms with E-state index in [-0.39, 0.29) is 11.9 Å². The monoisotopic (exact) mass is 464 g/mol. The Hall–Kier alpha value is -3.04. The van der Waals surface area contributed by atoms with Gasteiger partial charge in [-0.05, 0) is 51.2 Å². The number of aromatic nitrogens is 5. The molecule has 1 aliphatic carbocycles. The minimum Gasteiger partial charge on any atom is -0.379 e. The molecule has 33 heavy (non-hydrogen) atoms. The summed E-state index contributed by atoms with van der Waals surface area (Å²) in [5.74, 6) is 0.735. The van der Waals surface area contributed by atoms with Crippen molar-refractivity contribution in [2.45, 2.75) is 45.1 Å². The normalized spacial score (nSPS) is 17.9. The first-order valence-electron chi connectivity index (χ1n) is 11.4. The number of rotatable bonds is 5. The molecule has 1 aromatic carbocycles. The molecule has 1 saturated heterocycles. The summed E-state index contributed by atoms with van der Waals surface area (Å²) in [6.07, 6.45) is 8.83. The van der Waals surface area contributed by atoms with E-state index in [0.717, 1.165) is 53.8 Å². The second kappa shape index (κ2) is 8.39. The number of ether oxygens (including phenoxy) is 1. The minimum atomic E-state index is -0.305. The van der Waals surface area contributed by atoms with Gasteiger partial charge >= 0.3 is 0 Å². The van der Waals surface area contributed by atoms with Gasteiger partial charge in [-0.25, -0.2) is 19.0 Å². The molecule has 2 aliphatic rings. The molecule has 0 radical (unpaired) electrons. The predicted octanol–water partition coefficient (Wildman–Crippen LogP) is 5.22. The molecule has 4 heterocycles. The van der Waals surface area contributed by atoms with Crippen LogP contribution in [-0.4, -0.2) is 37.5 Å². The highest BCUT2D eigenvalue weighted by atomic mass is 32.1. The summed E-state index contributed by atoms with van der Waals surface area (Å²) in [7, 11) is 0. The van der Waals surface area contributed by atoms with E-state index in [2.05, 4.69) is 15.0 Å². The van der Waals surface area contributed by atoms with E-state index in [1.165, 1.54) is 41.5 Å². The Morgan fingerprint density at radius 2 is 2.15 bits per heavy atom. The maximum atomic E-state index is 14.8. The lowest BCUT2D eigenvalue weighted by Crippen LogP contribution is -2.13. The number of aryl methyl sites for hydroxylation is 2. The van der Waals surface area contributed by atoms with Crippen molar-refractivity contribution in [2.24, 2.45) is 0 Å². The van der Waals surface area contributed by atoms with Crippen molar-refractivity contribution in [1.29, 1.82) is 0 Å². The Morgan fingerprint density at radius 1 is 1.24 bits per heavy atom. The molecule has 6 rings (SSSR count). The maximum absolute atomic E-state index is 14.8. The molecule has 170 valence electrons. The third-order valence-corrected chi connectivity index (χ3v) is 7.15. The SMILES string of the molecule is Cc1cn(-c2ccc(-c3csc(Nc4c5c(nn4C4CCOC4)CCCC5)n3)cc2F)cn1. The number of anilines is 2. The Labute approximate surface area is 195 Å². The van der Waals surface area contributed by atoms with Crippen LogP contribution in [0.2, 0.25) is 0 Å². The third-order valence-electron chi connectivity index (χ3n) is 6.40. The second-order valence-corrected chi connectivity index (χ2v) is 9.55. The molecule has 9 heteroatoms. The van der Waals surface area contributed by atoms with Crippen LogP contribution in [0.25, 0.3) is 16.9 Å². The summed E-state index contributed by atoms with van der Waals surface area (Å²) in [4.78, 5) is 8.95. The van der Waals surface area contributed by atoms with Gasteiger partial charge in [0, 0.05) is 29.3 Å². The van der Waals surface area contributed by atoms with Gasteiger partial charge in [0.15, 0.2) is 5.13 Å². The molecule has 1 N–H and O–H groups in total. The molecular formula is C24H25FN6OS. The molecular weight excluding hydrogens is 439 g/mol. The van der Waals surface area contributed by atoms with Crippen molar-refractivity contribution < 1.29 is 9.13 Å². The van der Waals surface area contributed by atoms with Crippen molar-refractivity contribution in [3.8, 4) is 16.9 Å². The number of imidazole rings is 1. The largest absolute Gasteiger partial charge is 0.379 e. The van der Waals surface area contributed by atoms with Crippen LogP contribution < -0.4 is 5.32 Å². The molecule has 0 amide bonds. The van der Waals surface area contributed by atoms with E-state index in [4.69, 9.17) is 14.8 Å². The zero-order valence-corrected chi connectivity index (χ0v) is 19.2. The number of fused-ring (bicyclic) bond motifs is 1. The molecule has 1 aliphatic heterocycles. The maximum Gasteiger partial charge on any atom is 0.188 e. The standard InChI is InChI=1S/C24H25FN6OS/c1-15-11-30(14-26-15)22-7-6-16(10-19(22)25)21-13-33-24(27-21)28-23-18-4-2-3-5-20(18)29-31(23)17-8-9-32-12-17/h6-7,10-11,13-14,17H,2-5,8-9,12H2,1H3,(H,27,28). The Kier molecular flexibility index (Phi) is 5.22. The minimum absolute atomic E-state index is 0.256. The number of nitrogens with zero attached hydrogens (tertiary/aromatic N) is 5. The summed E-state index contributed by atoms with van der Waals surface area (Å²) >= 11 is 1.52. The lowest BCUT2D eigenvalue weighted by Gasteiger charge is -2.15. The van der Waals surface area contributed by atoms with Crippen molar-refractivity contribution in [1.82, 2.24) is 24.3 Å². The summed E-state index contributed by atoms with van der Waals surface area (Å²) in [5.41, 5.74) is 5.31. The van der Waals surface area contributed by atoms with Gasteiger partial charge in [0.25, 0.3) is 0 Å². The van der Waals surface area contributed by atoms with Crippen molar-refractivity contribution in [3.63, 3.8) is 0 Å². The van der Waals surface area contributed by atoms with E-state index >= 15 is 0 Å². The fraction of sp³-hybridized carbons (Fsp3) is 0.375. The molecule has 0 saturated carbocycles.